The number of rotatable bonds is 28. The Morgan fingerprint density at radius 3 is 1.37 bits per heavy atom. The topological polar surface area (TPSA) is 76.1 Å². The van der Waals surface area contributed by atoms with Crippen LogP contribution in [0.3, 0.4) is 0 Å². The number of carbonyl (C=O) groups is 2. The van der Waals surface area contributed by atoms with Crippen LogP contribution in [-0.4, -0.2) is 61.4 Å². The number of aliphatic hydroxyl groups excluding tert-OH is 1. The number of unbranched alkanes of at least 4 members (excludes halogenated alkanes) is 17. The fraction of sp³-hybridized carbons (Fsp3) is 0.943. The van der Waals surface area contributed by atoms with Gasteiger partial charge in [-0.1, -0.05) is 117 Å². The molecule has 1 heterocycles. The summed E-state index contributed by atoms with van der Waals surface area (Å²) in [5.74, 6) is -0.225. The third-order valence-electron chi connectivity index (χ3n) is 8.85. The summed E-state index contributed by atoms with van der Waals surface area (Å²) < 4.78 is 11.6. The molecular formula is C35H67NO5. The van der Waals surface area contributed by atoms with Crippen LogP contribution in [0, 0.1) is 5.41 Å². The molecule has 41 heavy (non-hydrogen) atoms. The van der Waals surface area contributed by atoms with Crippen molar-refractivity contribution in [1.82, 2.24) is 4.90 Å². The van der Waals surface area contributed by atoms with Crippen molar-refractivity contribution >= 4 is 11.9 Å². The average Bonchev–Trinajstić information content (AvgIpc) is 2.98. The molecule has 1 aliphatic rings. The maximum absolute atomic E-state index is 12.5. The summed E-state index contributed by atoms with van der Waals surface area (Å²) in [5, 5.41) is 9.09. The summed E-state index contributed by atoms with van der Waals surface area (Å²) in [6.07, 6.45) is 26.6. The summed E-state index contributed by atoms with van der Waals surface area (Å²) >= 11 is 0. The molecule has 6 heteroatoms. The first-order chi connectivity index (χ1) is 20.0. The highest BCUT2D eigenvalue weighted by molar-refractivity contribution is 5.69. The van der Waals surface area contributed by atoms with E-state index in [1.807, 2.05) is 0 Å². The average molecular weight is 582 g/mol. The lowest BCUT2D eigenvalue weighted by atomic mass is 9.79. The summed E-state index contributed by atoms with van der Waals surface area (Å²) in [6, 6.07) is 0. The molecule has 0 atom stereocenters. The van der Waals surface area contributed by atoms with Crippen molar-refractivity contribution in [2.24, 2.45) is 5.41 Å². The van der Waals surface area contributed by atoms with E-state index in [4.69, 9.17) is 14.6 Å². The van der Waals surface area contributed by atoms with E-state index in [-0.39, 0.29) is 24.0 Å². The lowest BCUT2D eigenvalue weighted by Crippen LogP contribution is -2.46. The molecule has 0 unspecified atom stereocenters. The molecule has 0 amide bonds. The molecule has 0 aliphatic carbocycles. The van der Waals surface area contributed by atoms with E-state index in [1.54, 1.807) is 0 Å². The van der Waals surface area contributed by atoms with E-state index in [0.717, 1.165) is 71.0 Å². The maximum Gasteiger partial charge on any atom is 0.305 e. The van der Waals surface area contributed by atoms with Gasteiger partial charge >= 0.3 is 11.9 Å². The van der Waals surface area contributed by atoms with Crippen LogP contribution >= 0.6 is 0 Å². The number of nitrogens with zero attached hydrogens (tertiary/aromatic N) is 1. The first-order valence-electron chi connectivity index (χ1n) is 17.7. The van der Waals surface area contributed by atoms with Crippen LogP contribution in [0.2, 0.25) is 0 Å². The second-order valence-corrected chi connectivity index (χ2v) is 12.8. The maximum atomic E-state index is 12.5. The Balaban J connectivity index is 2.34. The smallest absolute Gasteiger partial charge is 0.305 e. The van der Waals surface area contributed by atoms with Gasteiger partial charge in [-0.25, -0.2) is 0 Å². The van der Waals surface area contributed by atoms with Gasteiger partial charge in [-0.3, -0.25) is 9.59 Å². The minimum atomic E-state index is -0.282. The zero-order valence-electron chi connectivity index (χ0n) is 27.2. The number of likely N-dealkylation sites (tertiary alicyclic amines) is 1. The van der Waals surface area contributed by atoms with Gasteiger partial charge in [-0.05, 0) is 58.2 Å². The van der Waals surface area contributed by atoms with Gasteiger partial charge < -0.3 is 19.5 Å². The van der Waals surface area contributed by atoms with Gasteiger partial charge in [0.2, 0.25) is 0 Å². The molecule has 242 valence electrons. The second kappa shape index (κ2) is 26.5. The molecule has 1 saturated heterocycles. The van der Waals surface area contributed by atoms with E-state index >= 15 is 0 Å². The number of piperidine rings is 1. The highest BCUT2D eigenvalue weighted by Gasteiger charge is 2.37. The van der Waals surface area contributed by atoms with E-state index in [0.29, 0.717) is 26.1 Å². The minimum absolute atomic E-state index is 0.112. The van der Waals surface area contributed by atoms with Gasteiger partial charge in [-0.2, -0.15) is 0 Å². The van der Waals surface area contributed by atoms with Crippen LogP contribution in [0.4, 0.5) is 0 Å². The van der Waals surface area contributed by atoms with Crippen molar-refractivity contribution in [2.75, 3.05) is 39.5 Å². The van der Waals surface area contributed by atoms with Crippen molar-refractivity contribution in [3.8, 4) is 0 Å². The Labute approximate surface area is 253 Å². The summed E-state index contributed by atoms with van der Waals surface area (Å²) in [5.41, 5.74) is -0.282. The Morgan fingerprint density at radius 1 is 0.585 bits per heavy atom. The Morgan fingerprint density at radius 2 is 0.976 bits per heavy atom. The van der Waals surface area contributed by atoms with Crippen LogP contribution in [0.5, 0.6) is 0 Å². The predicted octanol–water partition coefficient (Wildman–Crippen LogP) is 8.77. The van der Waals surface area contributed by atoms with Gasteiger partial charge in [0.15, 0.2) is 0 Å². The van der Waals surface area contributed by atoms with Crippen LogP contribution in [0.25, 0.3) is 0 Å². The summed E-state index contributed by atoms with van der Waals surface area (Å²) in [4.78, 5) is 27.5. The third-order valence-corrected chi connectivity index (χ3v) is 8.85. The molecule has 1 rings (SSSR count). The quantitative estimate of drug-likeness (QED) is 0.0735. The number of hydrogen-bond donors (Lipinski definition) is 1. The molecule has 0 bridgehead atoms. The van der Waals surface area contributed by atoms with Crippen molar-refractivity contribution in [2.45, 2.75) is 168 Å². The first-order valence-corrected chi connectivity index (χ1v) is 17.7. The monoisotopic (exact) mass is 582 g/mol. The zero-order valence-corrected chi connectivity index (χ0v) is 27.2. The van der Waals surface area contributed by atoms with Crippen molar-refractivity contribution in [3.63, 3.8) is 0 Å². The molecule has 6 nitrogen and oxygen atoms in total. The molecular weight excluding hydrogens is 514 g/mol. The van der Waals surface area contributed by atoms with Crippen LogP contribution in [-0.2, 0) is 19.1 Å². The lowest BCUT2D eigenvalue weighted by molar-refractivity contribution is -0.157. The highest BCUT2D eigenvalue weighted by Crippen LogP contribution is 2.33. The van der Waals surface area contributed by atoms with E-state index in [1.165, 1.54) is 89.9 Å². The lowest BCUT2D eigenvalue weighted by Gasteiger charge is -2.41. The molecule has 0 radical (unpaired) electrons. The molecule has 1 fully saturated rings. The Hall–Kier alpha value is -1.14. The largest absolute Gasteiger partial charge is 0.465 e. The third kappa shape index (κ3) is 21.2. The normalized spacial score (nSPS) is 15.2. The van der Waals surface area contributed by atoms with E-state index in [2.05, 4.69) is 18.7 Å². The Kier molecular flexibility index (Phi) is 24.5. The predicted molar refractivity (Wildman–Crippen MR) is 170 cm³/mol. The van der Waals surface area contributed by atoms with Gasteiger partial charge in [0.1, 0.15) is 13.2 Å². The summed E-state index contributed by atoms with van der Waals surface area (Å²) in [7, 11) is 0. The fourth-order valence-corrected chi connectivity index (χ4v) is 5.80. The fourth-order valence-electron chi connectivity index (χ4n) is 5.80. The van der Waals surface area contributed by atoms with Gasteiger partial charge in [0.25, 0.3) is 0 Å². The van der Waals surface area contributed by atoms with Crippen LogP contribution in [0.1, 0.15) is 168 Å². The van der Waals surface area contributed by atoms with Gasteiger partial charge in [0.05, 0.1) is 0 Å². The van der Waals surface area contributed by atoms with Crippen molar-refractivity contribution in [1.29, 1.82) is 0 Å². The molecule has 0 spiro atoms. The number of esters is 2. The van der Waals surface area contributed by atoms with Crippen molar-refractivity contribution < 1.29 is 24.2 Å². The van der Waals surface area contributed by atoms with Gasteiger partial charge in [-0.15, -0.1) is 0 Å². The van der Waals surface area contributed by atoms with Gasteiger partial charge in [0, 0.05) is 24.9 Å². The summed E-state index contributed by atoms with van der Waals surface area (Å²) in [6.45, 7) is 8.23. The Bertz CT molecular complexity index is 578. The number of ether oxygens (including phenoxy) is 2. The highest BCUT2D eigenvalue weighted by atomic mass is 16.5. The number of carbonyl (C=O) groups excluding carboxylic acids is 2. The van der Waals surface area contributed by atoms with Crippen molar-refractivity contribution in [3.05, 3.63) is 0 Å². The molecule has 0 aromatic heterocycles. The minimum Gasteiger partial charge on any atom is -0.465 e. The molecule has 1 N–H and O–H groups in total. The molecule has 0 aromatic carbocycles. The SMILES string of the molecule is CCCCCCCCCCCC(=O)OCC1(COC(=O)CCCCCCCCCCC)CCN(CCCCO)CC1. The van der Waals surface area contributed by atoms with E-state index < -0.39 is 0 Å². The second-order valence-electron chi connectivity index (χ2n) is 12.8. The number of aliphatic hydroxyl groups is 1. The molecule has 1 aliphatic heterocycles. The molecule has 0 aromatic rings. The molecule has 0 saturated carbocycles. The first kappa shape index (κ1) is 37.9. The standard InChI is InChI=1S/C35H67NO5/c1-3-5-7-9-11-13-15-17-19-23-33(38)40-31-35(25-28-36(29-26-35)27-21-22-30-37)32-41-34(39)24-20-18-16-14-12-10-8-6-4-2/h37H,3-32H2,1-2H3. The number of hydrogen-bond acceptors (Lipinski definition) is 6. The van der Waals surface area contributed by atoms with Crippen LogP contribution < -0.4 is 0 Å². The zero-order chi connectivity index (χ0) is 29.9. The van der Waals surface area contributed by atoms with E-state index in [9.17, 15) is 9.59 Å². The van der Waals surface area contributed by atoms with Crippen LogP contribution in [0.15, 0.2) is 0 Å².